The van der Waals surface area contributed by atoms with Crippen molar-refractivity contribution in [1.82, 2.24) is 15.1 Å². The molecule has 8 heteroatoms. The number of urea groups is 1. The summed E-state index contributed by atoms with van der Waals surface area (Å²) in [6.07, 6.45) is 2.33. The van der Waals surface area contributed by atoms with Crippen molar-refractivity contribution in [2.75, 3.05) is 13.6 Å². The number of carbonyl (C=O) groups excluding carboxylic acids is 3. The zero-order chi connectivity index (χ0) is 19.9. The number of amides is 4. The molecule has 4 rings (SSSR count). The number of rotatable bonds is 4. The summed E-state index contributed by atoms with van der Waals surface area (Å²) in [5.74, 6) is -0.600. The van der Waals surface area contributed by atoms with Crippen LogP contribution >= 0.6 is 27.3 Å². The van der Waals surface area contributed by atoms with Gasteiger partial charge in [-0.1, -0.05) is 34.1 Å². The Morgan fingerprint density at radius 1 is 1.32 bits per heavy atom. The third-order valence-corrected chi connectivity index (χ3v) is 7.18. The zero-order valence-electron chi connectivity index (χ0n) is 15.4. The first-order valence-electron chi connectivity index (χ1n) is 9.11. The normalized spacial score (nSPS) is 21.0. The van der Waals surface area contributed by atoms with Crippen LogP contribution < -0.4 is 5.32 Å². The van der Waals surface area contributed by atoms with Gasteiger partial charge in [0.1, 0.15) is 12.1 Å². The topological polar surface area (TPSA) is 69.7 Å². The van der Waals surface area contributed by atoms with Crippen LogP contribution in [0.2, 0.25) is 0 Å². The summed E-state index contributed by atoms with van der Waals surface area (Å²) >= 11 is 5.09. The molecule has 0 saturated carbocycles. The minimum absolute atomic E-state index is 0.257. The standard InChI is InChI=1S/C20H20BrN3O3S/c1-23(11-13-5-2-3-6-15(13)21)17(25)12-24-18(26)20(22-19(24)27)9-4-7-16-14(20)8-10-28-16/h2-3,5-6,8,10H,4,7,9,11-12H2,1H3,(H,22,27). The van der Waals surface area contributed by atoms with Crippen LogP contribution in [0.4, 0.5) is 4.79 Å². The number of fused-ring (bicyclic) bond motifs is 2. The third-order valence-electron chi connectivity index (χ3n) is 5.42. The van der Waals surface area contributed by atoms with Gasteiger partial charge in [0, 0.05) is 28.5 Å². The molecule has 0 bridgehead atoms. The SMILES string of the molecule is CN(Cc1ccccc1Br)C(=O)CN1C(=O)NC2(CCCc3sccc32)C1=O. The second kappa shape index (κ2) is 7.33. The van der Waals surface area contributed by atoms with E-state index >= 15 is 0 Å². The quantitative estimate of drug-likeness (QED) is 0.710. The van der Waals surface area contributed by atoms with Crippen molar-refractivity contribution in [3.63, 3.8) is 0 Å². The van der Waals surface area contributed by atoms with Crippen molar-refractivity contribution in [1.29, 1.82) is 0 Å². The Hall–Kier alpha value is -2.19. The molecule has 6 nitrogen and oxygen atoms in total. The molecule has 1 N–H and O–H groups in total. The molecule has 1 unspecified atom stereocenters. The van der Waals surface area contributed by atoms with E-state index in [9.17, 15) is 14.4 Å². The van der Waals surface area contributed by atoms with Crippen LogP contribution in [0.15, 0.2) is 40.2 Å². The molecule has 1 aromatic heterocycles. The summed E-state index contributed by atoms with van der Waals surface area (Å²) in [6.45, 7) is 0.135. The van der Waals surface area contributed by atoms with Crippen molar-refractivity contribution >= 4 is 45.1 Å². The van der Waals surface area contributed by atoms with Crippen molar-refractivity contribution in [2.24, 2.45) is 0 Å². The summed E-state index contributed by atoms with van der Waals surface area (Å²) in [4.78, 5) is 42.2. The Morgan fingerprint density at radius 2 is 2.11 bits per heavy atom. The number of benzene rings is 1. The molecule has 1 aliphatic carbocycles. The van der Waals surface area contributed by atoms with E-state index in [1.54, 1.807) is 18.4 Å². The summed E-state index contributed by atoms with van der Waals surface area (Å²) in [6, 6.07) is 9.08. The first-order valence-corrected chi connectivity index (χ1v) is 10.8. The highest BCUT2D eigenvalue weighted by Gasteiger charge is 2.54. The maximum absolute atomic E-state index is 13.2. The van der Waals surface area contributed by atoms with Crippen LogP contribution in [0.3, 0.4) is 0 Å². The Labute approximate surface area is 175 Å². The summed E-state index contributed by atoms with van der Waals surface area (Å²) < 4.78 is 0.913. The van der Waals surface area contributed by atoms with Crippen LogP contribution in [0.5, 0.6) is 0 Å². The van der Waals surface area contributed by atoms with Gasteiger partial charge >= 0.3 is 6.03 Å². The molecule has 1 spiro atoms. The average molecular weight is 462 g/mol. The molecule has 0 radical (unpaired) electrons. The minimum atomic E-state index is -1.01. The second-order valence-electron chi connectivity index (χ2n) is 7.18. The number of halogens is 1. The molecule has 2 aromatic rings. The number of thiophene rings is 1. The highest BCUT2D eigenvalue weighted by Crippen LogP contribution is 2.42. The van der Waals surface area contributed by atoms with Gasteiger partial charge in [0.05, 0.1) is 0 Å². The molecule has 1 atom stereocenters. The lowest BCUT2D eigenvalue weighted by atomic mass is 9.80. The number of aryl methyl sites for hydroxylation is 1. The van der Waals surface area contributed by atoms with Gasteiger partial charge in [0.2, 0.25) is 5.91 Å². The van der Waals surface area contributed by atoms with E-state index in [0.717, 1.165) is 38.2 Å². The highest BCUT2D eigenvalue weighted by atomic mass is 79.9. The van der Waals surface area contributed by atoms with E-state index in [-0.39, 0.29) is 18.4 Å². The predicted molar refractivity (Wildman–Crippen MR) is 110 cm³/mol. The van der Waals surface area contributed by atoms with Gasteiger partial charge in [0.15, 0.2) is 0 Å². The molecule has 2 heterocycles. The molecule has 1 fully saturated rings. The largest absolute Gasteiger partial charge is 0.340 e. The van der Waals surface area contributed by atoms with Gasteiger partial charge in [0.25, 0.3) is 5.91 Å². The number of likely N-dealkylation sites (N-methyl/N-ethyl adjacent to an activating group) is 1. The van der Waals surface area contributed by atoms with E-state index < -0.39 is 11.6 Å². The summed E-state index contributed by atoms with van der Waals surface area (Å²) in [5, 5.41) is 4.84. The number of nitrogens with one attached hydrogen (secondary N) is 1. The molecule has 1 aromatic carbocycles. The number of hydrogen-bond acceptors (Lipinski definition) is 4. The van der Waals surface area contributed by atoms with Crippen LogP contribution in [0.1, 0.15) is 28.8 Å². The van der Waals surface area contributed by atoms with Crippen LogP contribution in [-0.4, -0.2) is 41.2 Å². The van der Waals surface area contributed by atoms with Gasteiger partial charge in [-0.3, -0.25) is 14.5 Å². The predicted octanol–water partition coefficient (Wildman–Crippen LogP) is 3.25. The lowest BCUT2D eigenvalue weighted by Gasteiger charge is -2.31. The molecular formula is C20H20BrN3O3S. The monoisotopic (exact) mass is 461 g/mol. The van der Waals surface area contributed by atoms with Gasteiger partial charge in [-0.15, -0.1) is 11.3 Å². The first kappa shape index (κ1) is 19.1. The minimum Gasteiger partial charge on any atom is -0.340 e. The lowest BCUT2D eigenvalue weighted by molar-refractivity contribution is -0.139. The smallest absolute Gasteiger partial charge is 0.325 e. The van der Waals surface area contributed by atoms with Crippen molar-refractivity contribution in [3.05, 3.63) is 56.2 Å². The van der Waals surface area contributed by atoms with Crippen molar-refractivity contribution < 1.29 is 14.4 Å². The maximum atomic E-state index is 13.2. The number of carbonyl (C=O) groups is 3. The summed E-state index contributed by atoms with van der Waals surface area (Å²) in [5.41, 5.74) is 0.840. The van der Waals surface area contributed by atoms with E-state index in [0.29, 0.717) is 13.0 Å². The summed E-state index contributed by atoms with van der Waals surface area (Å²) in [7, 11) is 1.67. The lowest BCUT2D eigenvalue weighted by Crippen LogP contribution is -2.46. The highest BCUT2D eigenvalue weighted by molar-refractivity contribution is 9.10. The molecule has 1 aliphatic heterocycles. The van der Waals surface area contributed by atoms with E-state index in [1.807, 2.05) is 35.7 Å². The Morgan fingerprint density at radius 3 is 2.89 bits per heavy atom. The zero-order valence-corrected chi connectivity index (χ0v) is 17.8. The van der Waals surface area contributed by atoms with Crippen molar-refractivity contribution in [2.45, 2.75) is 31.3 Å². The Kier molecular flexibility index (Phi) is 5.01. The van der Waals surface area contributed by atoms with E-state index in [2.05, 4.69) is 21.2 Å². The first-order chi connectivity index (χ1) is 13.4. The molecule has 146 valence electrons. The van der Waals surface area contributed by atoms with E-state index in [1.165, 1.54) is 4.90 Å². The number of hydrogen-bond donors (Lipinski definition) is 1. The fourth-order valence-corrected chi connectivity index (χ4v) is 5.32. The van der Waals surface area contributed by atoms with E-state index in [4.69, 9.17) is 0 Å². The Balaban J connectivity index is 1.50. The third kappa shape index (κ3) is 3.14. The van der Waals surface area contributed by atoms with Crippen LogP contribution in [0.25, 0.3) is 0 Å². The van der Waals surface area contributed by atoms with Crippen molar-refractivity contribution in [3.8, 4) is 0 Å². The van der Waals surface area contributed by atoms with Gasteiger partial charge in [-0.05, 0) is 42.3 Å². The second-order valence-corrected chi connectivity index (χ2v) is 9.03. The van der Waals surface area contributed by atoms with Gasteiger partial charge in [-0.25, -0.2) is 4.79 Å². The average Bonchev–Trinajstić information content (AvgIpc) is 3.24. The molecule has 28 heavy (non-hydrogen) atoms. The fraction of sp³-hybridized carbons (Fsp3) is 0.350. The maximum Gasteiger partial charge on any atom is 0.325 e. The number of nitrogens with zero attached hydrogens (tertiary/aromatic N) is 2. The molecular weight excluding hydrogens is 442 g/mol. The number of imide groups is 1. The Bertz CT molecular complexity index is 960. The van der Waals surface area contributed by atoms with Crippen LogP contribution in [-0.2, 0) is 28.1 Å². The van der Waals surface area contributed by atoms with Gasteiger partial charge in [-0.2, -0.15) is 0 Å². The van der Waals surface area contributed by atoms with Gasteiger partial charge < -0.3 is 10.2 Å². The fourth-order valence-electron chi connectivity index (χ4n) is 3.91. The molecule has 4 amide bonds. The molecule has 2 aliphatic rings. The molecule has 1 saturated heterocycles. The van der Waals surface area contributed by atoms with Crippen LogP contribution in [0, 0.1) is 0 Å².